The molecule has 0 saturated carbocycles. The molecule has 9 heteroatoms. The minimum absolute atomic E-state index is 0.118. The highest BCUT2D eigenvalue weighted by Gasteiger charge is 2.23. The molecule has 0 radical (unpaired) electrons. The number of carbonyl (C=O) groups excluding carboxylic acids is 1. The van der Waals surface area contributed by atoms with Crippen molar-refractivity contribution in [3.05, 3.63) is 39.4 Å². The summed E-state index contributed by atoms with van der Waals surface area (Å²) in [5.41, 5.74) is -1.35. The van der Waals surface area contributed by atoms with Gasteiger partial charge in [-0.15, -0.1) is 0 Å². The number of carbonyl (C=O) groups is 1. The van der Waals surface area contributed by atoms with Gasteiger partial charge in [-0.1, -0.05) is 0 Å². The Kier molecular flexibility index (Phi) is 6.63. The molecular weight excluding hydrogens is 290 g/mol. The van der Waals surface area contributed by atoms with Gasteiger partial charge in [0.2, 0.25) is 0 Å². The summed E-state index contributed by atoms with van der Waals surface area (Å²) in [5.74, 6) is -3.60. The predicted molar refractivity (Wildman–Crippen MR) is 67.9 cm³/mol. The lowest BCUT2D eigenvalue weighted by molar-refractivity contribution is -0.385. The first-order chi connectivity index (χ1) is 9.97. The number of nitro benzene ring substituents is 1. The first kappa shape index (κ1) is 16.9. The van der Waals surface area contributed by atoms with E-state index in [1.54, 1.807) is 0 Å². The number of hydrogen-bond acceptors (Lipinski definition) is 5. The van der Waals surface area contributed by atoms with E-state index in [2.05, 4.69) is 5.32 Å². The van der Waals surface area contributed by atoms with E-state index in [1.807, 2.05) is 0 Å². The molecule has 7 nitrogen and oxygen atoms in total. The summed E-state index contributed by atoms with van der Waals surface area (Å²) in [7, 11) is 0. The van der Waals surface area contributed by atoms with Gasteiger partial charge in [0.1, 0.15) is 5.56 Å². The number of hydrogen-bond donors (Lipinski definition) is 2. The van der Waals surface area contributed by atoms with E-state index in [-0.39, 0.29) is 26.4 Å². The van der Waals surface area contributed by atoms with Crippen molar-refractivity contribution in [1.29, 1.82) is 0 Å². The van der Waals surface area contributed by atoms with Crippen molar-refractivity contribution >= 4 is 11.6 Å². The highest BCUT2D eigenvalue weighted by atomic mass is 19.2. The molecule has 1 amide bonds. The molecule has 0 aliphatic heterocycles. The number of nitrogens with zero attached hydrogens (tertiary/aromatic N) is 1. The molecule has 0 aromatic heterocycles. The van der Waals surface area contributed by atoms with Crippen LogP contribution in [0.15, 0.2) is 12.1 Å². The Morgan fingerprint density at radius 1 is 1.33 bits per heavy atom. The Morgan fingerprint density at radius 2 is 2.00 bits per heavy atom. The molecule has 0 aliphatic rings. The van der Waals surface area contributed by atoms with Crippen molar-refractivity contribution in [3.63, 3.8) is 0 Å². The maximum absolute atomic E-state index is 13.1. The van der Waals surface area contributed by atoms with Crippen molar-refractivity contribution in [2.24, 2.45) is 0 Å². The molecule has 0 unspecified atom stereocenters. The third-order valence-corrected chi connectivity index (χ3v) is 2.47. The van der Waals surface area contributed by atoms with Gasteiger partial charge in [0.25, 0.3) is 11.6 Å². The molecule has 116 valence electrons. The van der Waals surface area contributed by atoms with Gasteiger partial charge in [0, 0.05) is 13.2 Å². The van der Waals surface area contributed by atoms with Crippen LogP contribution in [-0.2, 0) is 4.74 Å². The maximum Gasteiger partial charge on any atom is 0.285 e. The Hall–Kier alpha value is -2.13. The first-order valence-electron chi connectivity index (χ1n) is 6.07. The standard InChI is InChI=1S/C12H14F2N2O5/c13-9-6-8(11(16(19)20)7-10(9)14)12(18)15-2-1-4-21-5-3-17/h6-7,17H,1-5H2,(H,15,18). The van der Waals surface area contributed by atoms with Gasteiger partial charge in [-0.05, 0) is 12.5 Å². The van der Waals surface area contributed by atoms with Crippen molar-refractivity contribution in [2.45, 2.75) is 6.42 Å². The Balaban J connectivity index is 2.65. The second-order valence-corrected chi connectivity index (χ2v) is 3.99. The van der Waals surface area contributed by atoms with Crippen LogP contribution in [0.3, 0.4) is 0 Å². The SMILES string of the molecule is O=C(NCCCOCCO)c1cc(F)c(F)cc1[N+](=O)[O-]. The molecule has 2 N–H and O–H groups in total. The quantitative estimate of drug-likeness (QED) is 0.424. The van der Waals surface area contributed by atoms with E-state index >= 15 is 0 Å². The zero-order valence-electron chi connectivity index (χ0n) is 11.0. The molecule has 1 rings (SSSR count). The van der Waals surface area contributed by atoms with Crippen LogP contribution in [0.4, 0.5) is 14.5 Å². The van der Waals surface area contributed by atoms with Gasteiger partial charge in [0.15, 0.2) is 11.6 Å². The number of aliphatic hydroxyl groups is 1. The average Bonchev–Trinajstić information content (AvgIpc) is 2.44. The number of nitrogens with one attached hydrogen (secondary N) is 1. The van der Waals surface area contributed by atoms with Crippen molar-refractivity contribution < 1.29 is 28.3 Å². The summed E-state index contributed by atoms with van der Waals surface area (Å²) in [6.45, 7) is 0.469. The van der Waals surface area contributed by atoms with Gasteiger partial charge in [0.05, 0.1) is 24.2 Å². The number of rotatable bonds is 8. The number of amides is 1. The van der Waals surface area contributed by atoms with Gasteiger partial charge in [-0.2, -0.15) is 0 Å². The van der Waals surface area contributed by atoms with Gasteiger partial charge in [-0.25, -0.2) is 8.78 Å². The van der Waals surface area contributed by atoms with Crippen LogP contribution >= 0.6 is 0 Å². The highest BCUT2D eigenvalue weighted by molar-refractivity contribution is 5.98. The van der Waals surface area contributed by atoms with E-state index < -0.39 is 33.7 Å². The second-order valence-electron chi connectivity index (χ2n) is 3.99. The number of aliphatic hydroxyl groups excluding tert-OH is 1. The fraction of sp³-hybridized carbons (Fsp3) is 0.417. The van der Waals surface area contributed by atoms with Gasteiger partial charge < -0.3 is 15.2 Å². The van der Waals surface area contributed by atoms with Crippen LogP contribution in [-0.4, -0.2) is 42.3 Å². The molecule has 1 aromatic rings. The fourth-order valence-corrected chi connectivity index (χ4v) is 1.51. The third-order valence-electron chi connectivity index (χ3n) is 2.47. The zero-order valence-corrected chi connectivity index (χ0v) is 11.0. The van der Waals surface area contributed by atoms with Crippen LogP contribution in [0.25, 0.3) is 0 Å². The van der Waals surface area contributed by atoms with Crippen LogP contribution in [0.2, 0.25) is 0 Å². The van der Waals surface area contributed by atoms with E-state index in [4.69, 9.17) is 9.84 Å². The lowest BCUT2D eigenvalue weighted by atomic mass is 10.1. The van der Waals surface area contributed by atoms with Gasteiger partial charge >= 0.3 is 0 Å². The number of halogens is 2. The maximum atomic E-state index is 13.1. The number of ether oxygens (including phenoxy) is 1. The molecule has 1 aromatic carbocycles. The summed E-state index contributed by atoms with van der Waals surface area (Å²) in [4.78, 5) is 21.5. The van der Waals surface area contributed by atoms with Crippen molar-refractivity contribution in [1.82, 2.24) is 5.32 Å². The summed E-state index contributed by atoms with van der Waals surface area (Å²) >= 11 is 0. The van der Waals surface area contributed by atoms with Crippen LogP contribution in [0.1, 0.15) is 16.8 Å². The van der Waals surface area contributed by atoms with Crippen LogP contribution in [0.5, 0.6) is 0 Å². The summed E-state index contributed by atoms with van der Waals surface area (Å²) in [6.07, 6.45) is 0.406. The third kappa shape index (κ3) is 5.04. The first-order valence-corrected chi connectivity index (χ1v) is 6.07. The monoisotopic (exact) mass is 304 g/mol. The van der Waals surface area contributed by atoms with Gasteiger partial charge in [-0.3, -0.25) is 14.9 Å². The molecule has 0 bridgehead atoms. The van der Waals surface area contributed by atoms with Crippen molar-refractivity contribution in [3.8, 4) is 0 Å². The Labute approximate surface area is 118 Å². The molecule has 21 heavy (non-hydrogen) atoms. The minimum atomic E-state index is -1.39. The summed E-state index contributed by atoms with van der Waals surface area (Å²) < 4.78 is 31.0. The van der Waals surface area contributed by atoms with Crippen molar-refractivity contribution in [2.75, 3.05) is 26.4 Å². The number of nitro groups is 1. The summed E-state index contributed by atoms with van der Waals surface area (Å²) in [5, 5.41) is 21.5. The Morgan fingerprint density at radius 3 is 2.62 bits per heavy atom. The van der Waals surface area contributed by atoms with Crippen LogP contribution in [0, 0.1) is 21.7 Å². The molecule has 0 fully saturated rings. The van der Waals surface area contributed by atoms with E-state index in [0.29, 0.717) is 18.6 Å². The molecule has 0 aliphatic carbocycles. The highest BCUT2D eigenvalue weighted by Crippen LogP contribution is 2.22. The lowest BCUT2D eigenvalue weighted by Gasteiger charge is -2.06. The normalized spacial score (nSPS) is 10.4. The molecule has 0 saturated heterocycles. The molecule has 0 atom stereocenters. The van der Waals surface area contributed by atoms with E-state index in [1.165, 1.54) is 0 Å². The lowest BCUT2D eigenvalue weighted by Crippen LogP contribution is -2.26. The van der Waals surface area contributed by atoms with Crippen LogP contribution < -0.4 is 5.32 Å². The zero-order chi connectivity index (χ0) is 15.8. The smallest absolute Gasteiger partial charge is 0.285 e. The second kappa shape index (κ2) is 8.22. The predicted octanol–water partition coefficient (Wildman–Crippen LogP) is 1.00. The van der Waals surface area contributed by atoms with E-state index in [9.17, 15) is 23.7 Å². The fourth-order valence-electron chi connectivity index (χ4n) is 1.51. The molecular formula is C12H14F2N2O5. The topological polar surface area (TPSA) is 102 Å². The summed E-state index contributed by atoms with van der Waals surface area (Å²) in [6, 6.07) is 0.861. The Bertz CT molecular complexity index is 525. The largest absolute Gasteiger partial charge is 0.394 e. The molecule has 0 spiro atoms. The number of benzene rings is 1. The minimum Gasteiger partial charge on any atom is -0.394 e. The average molecular weight is 304 g/mol. The van der Waals surface area contributed by atoms with E-state index in [0.717, 1.165) is 0 Å². The molecule has 0 heterocycles.